The molecular weight excluding hydrogens is 303 g/mol. The number of carbonyl (C=O) groups is 1. The molecule has 3 nitrogen and oxygen atoms in total. The Morgan fingerprint density at radius 2 is 1.61 bits per heavy atom. The van der Waals surface area contributed by atoms with Gasteiger partial charge in [-0.3, -0.25) is 9.69 Å². The largest absolute Gasteiger partial charge is 0.368 e. The van der Waals surface area contributed by atoms with E-state index in [1.54, 1.807) is 0 Å². The standard InChI is InChI=1S/C19H23N2OP/c1-21-14-8-13-19(21,18(20)22)15-23(16-9-4-2-5-10-16)17-11-6-3-7-12-17/h2-7,9-12H,8,13-15H2,1H3,(H2,20,22). The molecule has 0 aliphatic carbocycles. The maximum Gasteiger partial charge on any atom is 0.238 e. The topological polar surface area (TPSA) is 46.3 Å². The van der Waals surface area contributed by atoms with E-state index >= 15 is 0 Å². The summed E-state index contributed by atoms with van der Waals surface area (Å²) in [5.74, 6) is -0.183. The lowest BCUT2D eigenvalue weighted by Gasteiger charge is -2.36. The Morgan fingerprint density at radius 1 is 1.09 bits per heavy atom. The number of rotatable bonds is 5. The van der Waals surface area contributed by atoms with E-state index in [2.05, 4.69) is 53.4 Å². The first-order valence-electron chi connectivity index (χ1n) is 8.02. The van der Waals surface area contributed by atoms with Gasteiger partial charge in [0.25, 0.3) is 0 Å². The van der Waals surface area contributed by atoms with Crippen LogP contribution in [0.15, 0.2) is 60.7 Å². The molecule has 0 aromatic heterocycles. The van der Waals surface area contributed by atoms with Gasteiger partial charge in [0.15, 0.2) is 0 Å². The van der Waals surface area contributed by atoms with Crippen LogP contribution in [0.1, 0.15) is 12.8 Å². The third-order valence-corrected chi connectivity index (χ3v) is 7.51. The number of likely N-dealkylation sites (N-methyl/N-ethyl adjacent to an activating group) is 1. The van der Waals surface area contributed by atoms with Crippen LogP contribution >= 0.6 is 7.92 Å². The third-order valence-electron chi connectivity index (χ3n) is 4.83. The van der Waals surface area contributed by atoms with E-state index in [1.165, 1.54) is 10.6 Å². The molecule has 0 radical (unpaired) electrons. The molecule has 2 N–H and O–H groups in total. The summed E-state index contributed by atoms with van der Waals surface area (Å²) >= 11 is 0. The van der Waals surface area contributed by atoms with Crippen LogP contribution < -0.4 is 16.3 Å². The number of likely N-dealkylation sites (tertiary alicyclic amines) is 1. The zero-order valence-corrected chi connectivity index (χ0v) is 14.4. The highest BCUT2D eigenvalue weighted by molar-refractivity contribution is 7.73. The average molecular weight is 326 g/mol. The molecule has 1 aliphatic rings. The Bertz CT molecular complexity index is 622. The minimum Gasteiger partial charge on any atom is -0.368 e. The zero-order valence-electron chi connectivity index (χ0n) is 13.5. The molecular formula is C19H23N2OP. The van der Waals surface area contributed by atoms with Crippen molar-refractivity contribution in [2.45, 2.75) is 18.4 Å². The smallest absolute Gasteiger partial charge is 0.238 e. The van der Waals surface area contributed by atoms with Crippen LogP contribution in [0.3, 0.4) is 0 Å². The highest BCUT2D eigenvalue weighted by Crippen LogP contribution is 2.42. The van der Waals surface area contributed by atoms with E-state index in [0.717, 1.165) is 25.5 Å². The molecule has 4 heteroatoms. The van der Waals surface area contributed by atoms with E-state index < -0.39 is 13.5 Å². The number of hydrogen-bond acceptors (Lipinski definition) is 2. The summed E-state index contributed by atoms with van der Waals surface area (Å²) in [5.41, 5.74) is 5.34. The van der Waals surface area contributed by atoms with Crippen molar-refractivity contribution in [3.63, 3.8) is 0 Å². The lowest BCUT2D eigenvalue weighted by Crippen LogP contribution is -2.55. The molecule has 1 aliphatic heterocycles. The molecule has 0 saturated carbocycles. The maximum absolute atomic E-state index is 12.3. The van der Waals surface area contributed by atoms with Gasteiger partial charge in [0.1, 0.15) is 5.54 Å². The van der Waals surface area contributed by atoms with E-state index in [4.69, 9.17) is 5.73 Å². The quantitative estimate of drug-likeness (QED) is 0.855. The first-order valence-corrected chi connectivity index (χ1v) is 9.55. The second-order valence-corrected chi connectivity index (χ2v) is 8.38. The Hall–Kier alpha value is -1.70. The van der Waals surface area contributed by atoms with E-state index in [1.807, 2.05) is 19.2 Å². The Balaban J connectivity index is 2.01. The van der Waals surface area contributed by atoms with Crippen LogP contribution in [0, 0.1) is 0 Å². The summed E-state index contributed by atoms with van der Waals surface area (Å²) < 4.78 is 0. The first-order chi connectivity index (χ1) is 11.1. The van der Waals surface area contributed by atoms with Crippen LogP contribution in [0.2, 0.25) is 0 Å². The van der Waals surface area contributed by atoms with Crippen molar-refractivity contribution in [1.29, 1.82) is 0 Å². The van der Waals surface area contributed by atoms with Gasteiger partial charge in [-0.15, -0.1) is 0 Å². The predicted molar refractivity (Wildman–Crippen MR) is 97.7 cm³/mol. The molecule has 120 valence electrons. The molecule has 1 saturated heterocycles. The lowest BCUT2D eigenvalue weighted by atomic mass is 9.98. The van der Waals surface area contributed by atoms with Gasteiger partial charge in [-0.1, -0.05) is 60.7 Å². The number of primary amides is 1. The number of amides is 1. The molecule has 1 fully saturated rings. The van der Waals surface area contributed by atoms with Gasteiger partial charge >= 0.3 is 0 Å². The van der Waals surface area contributed by atoms with Crippen molar-refractivity contribution < 1.29 is 4.79 Å². The SMILES string of the molecule is CN1CCCC1(CP(c1ccccc1)c1ccccc1)C(N)=O. The number of nitrogens with two attached hydrogens (primary N) is 1. The van der Waals surface area contributed by atoms with Gasteiger partial charge in [0.2, 0.25) is 5.91 Å². The average Bonchev–Trinajstić information content (AvgIpc) is 2.96. The van der Waals surface area contributed by atoms with Gasteiger partial charge in [-0.25, -0.2) is 0 Å². The lowest BCUT2D eigenvalue weighted by molar-refractivity contribution is -0.126. The molecule has 1 atom stereocenters. The monoisotopic (exact) mass is 326 g/mol. The molecule has 0 bridgehead atoms. The summed E-state index contributed by atoms with van der Waals surface area (Å²) in [6, 6.07) is 21.0. The fraction of sp³-hybridized carbons (Fsp3) is 0.316. The fourth-order valence-electron chi connectivity index (χ4n) is 3.41. The van der Waals surface area contributed by atoms with Crippen molar-refractivity contribution in [2.75, 3.05) is 19.8 Å². The summed E-state index contributed by atoms with van der Waals surface area (Å²) in [7, 11) is 1.42. The van der Waals surface area contributed by atoms with Crippen LogP contribution in [0.25, 0.3) is 0 Å². The van der Waals surface area contributed by atoms with Crippen LogP contribution in [0.4, 0.5) is 0 Å². The Kier molecular flexibility index (Phi) is 4.79. The van der Waals surface area contributed by atoms with Gasteiger partial charge in [0.05, 0.1) is 0 Å². The molecule has 0 spiro atoms. The Morgan fingerprint density at radius 3 is 2.00 bits per heavy atom. The molecule has 23 heavy (non-hydrogen) atoms. The number of hydrogen-bond donors (Lipinski definition) is 1. The van der Waals surface area contributed by atoms with Crippen LogP contribution in [0.5, 0.6) is 0 Å². The normalized spacial score (nSPS) is 21.7. The van der Waals surface area contributed by atoms with Crippen LogP contribution in [-0.2, 0) is 4.79 Å². The van der Waals surface area contributed by atoms with Crippen molar-refractivity contribution >= 4 is 24.4 Å². The molecule has 3 rings (SSSR count). The second-order valence-electron chi connectivity index (χ2n) is 6.18. The minimum absolute atomic E-state index is 0.183. The van der Waals surface area contributed by atoms with Gasteiger partial charge in [-0.05, 0) is 45.0 Å². The minimum atomic E-state index is -0.612. The maximum atomic E-state index is 12.3. The van der Waals surface area contributed by atoms with Crippen molar-refractivity contribution in [3.05, 3.63) is 60.7 Å². The number of benzene rings is 2. The molecule has 2 aromatic carbocycles. The van der Waals surface area contributed by atoms with Gasteiger partial charge < -0.3 is 5.73 Å². The van der Waals surface area contributed by atoms with Crippen LogP contribution in [-0.4, -0.2) is 36.1 Å². The second kappa shape index (κ2) is 6.82. The van der Waals surface area contributed by atoms with Crippen molar-refractivity contribution in [2.24, 2.45) is 5.73 Å². The predicted octanol–water partition coefficient (Wildman–Crippen LogP) is 2.07. The fourth-order valence-corrected chi connectivity index (χ4v) is 6.22. The van der Waals surface area contributed by atoms with Crippen molar-refractivity contribution in [3.8, 4) is 0 Å². The summed E-state index contributed by atoms with van der Waals surface area (Å²) in [4.78, 5) is 14.5. The Labute approximate surface area is 139 Å². The third kappa shape index (κ3) is 3.17. The number of nitrogens with zero attached hydrogens (tertiary/aromatic N) is 1. The summed E-state index contributed by atoms with van der Waals surface area (Å²) in [6.07, 6.45) is 2.69. The highest BCUT2D eigenvalue weighted by Gasteiger charge is 2.45. The highest BCUT2D eigenvalue weighted by atomic mass is 31.1. The number of carbonyl (C=O) groups excluding carboxylic acids is 1. The zero-order chi connectivity index (χ0) is 16.3. The molecule has 2 aromatic rings. The van der Waals surface area contributed by atoms with E-state index in [9.17, 15) is 4.79 Å². The van der Waals surface area contributed by atoms with Gasteiger partial charge in [-0.2, -0.15) is 0 Å². The summed E-state index contributed by atoms with van der Waals surface area (Å²) in [6.45, 7) is 0.940. The van der Waals surface area contributed by atoms with Gasteiger partial charge in [0, 0.05) is 6.16 Å². The van der Waals surface area contributed by atoms with Crippen molar-refractivity contribution in [1.82, 2.24) is 4.90 Å². The molecule has 1 amide bonds. The first kappa shape index (κ1) is 16.2. The summed E-state index contributed by atoms with van der Waals surface area (Å²) in [5, 5.41) is 2.60. The molecule has 1 heterocycles. The molecule has 1 unspecified atom stereocenters. The van der Waals surface area contributed by atoms with E-state index in [-0.39, 0.29) is 5.91 Å². The van der Waals surface area contributed by atoms with E-state index in [0.29, 0.717) is 0 Å².